The molecule has 0 aliphatic rings. The van der Waals surface area contributed by atoms with Crippen LogP contribution in [0.15, 0.2) is 75.6 Å². The summed E-state index contributed by atoms with van der Waals surface area (Å²) in [5.41, 5.74) is -0.696. The highest BCUT2D eigenvalue weighted by Gasteiger charge is 2.48. The fourth-order valence-electron chi connectivity index (χ4n) is 2.61. The SMILES string of the molecule is O=c1[nH]cc(SC(CO)(c2cncc(O)c2)S(=O)(=O)c2ccccc2)cc1O. The van der Waals surface area contributed by atoms with Gasteiger partial charge in [-0.15, -0.1) is 0 Å². The van der Waals surface area contributed by atoms with E-state index in [1.807, 2.05) is 0 Å². The van der Waals surface area contributed by atoms with E-state index in [1.54, 1.807) is 18.2 Å². The number of aliphatic hydroxyl groups excluding tert-OH is 1. The van der Waals surface area contributed by atoms with Crippen LogP contribution in [0.5, 0.6) is 11.5 Å². The maximum absolute atomic E-state index is 13.5. The summed E-state index contributed by atoms with van der Waals surface area (Å²) in [7, 11) is -4.22. The van der Waals surface area contributed by atoms with Crippen molar-refractivity contribution in [2.75, 3.05) is 6.61 Å². The first kappa shape index (κ1) is 19.9. The van der Waals surface area contributed by atoms with Crippen molar-refractivity contribution < 1.29 is 23.7 Å². The van der Waals surface area contributed by atoms with Crippen LogP contribution in [-0.2, 0) is 13.9 Å². The van der Waals surface area contributed by atoms with Crippen molar-refractivity contribution in [1.29, 1.82) is 0 Å². The summed E-state index contributed by atoms with van der Waals surface area (Å²) in [6.07, 6.45) is 3.60. The predicted octanol–water partition coefficient (Wildman–Crippen LogP) is 1.59. The third kappa shape index (κ3) is 3.49. The van der Waals surface area contributed by atoms with Crippen LogP contribution in [0, 0.1) is 0 Å². The number of aromatic nitrogens is 2. The first-order valence-corrected chi connectivity index (χ1v) is 10.3. The third-order valence-electron chi connectivity index (χ3n) is 4.00. The predicted molar refractivity (Wildman–Crippen MR) is 103 cm³/mol. The van der Waals surface area contributed by atoms with Gasteiger partial charge in [0.25, 0.3) is 5.56 Å². The van der Waals surface area contributed by atoms with Gasteiger partial charge in [-0.1, -0.05) is 30.0 Å². The highest BCUT2D eigenvalue weighted by molar-refractivity contribution is 8.14. The van der Waals surface area contributed by atoms with Crippen LogP contribution in [0.25, 0.3) is 0 Å². The van der Waals surface area contributed by atoms with E-state index in [4.69, 9.17) is 0 Å². The van der Waals surface area contributed by atoms with Crippen LogP contribution >= 0.6 is 11.8 Å². The van der Waals surface area contributed by atoms with E-state index < -0.39 is 31.8 Å². The fraction of sp³-hybridized carbons (Fsp3) is 0.111. The molecule has 3 aromatic rings. The number of hydrogen-bond acceptors (Lipinski definition) is 8. The molecule has 0 amide bonds. The summed E-state index contributed by atoms with van der Waals surface area (Å²) < 4.78 is 25.1. The van der Waals surface area contributed by atoms with Gasteiger partial charge in [0.05, 0.1) is 17.7 Å². The lowest BCUT2D eigenvalue weighted by Gasteiger charge is -2.31. The topological polar surface area (TPSA) is 141 Å². The minimum absolute atomic E-state index is 0.0366. The maximum atomic E-state index is 13.5. The molecule has 0 aliphatic carbocycles. The summed E-state index contributed by atoms with van der Waals surface area (Å²) >= 11 is 0.703. The lowest BCUT2D eigenvalue weighted by Crippen LogP contribution is -2.36. The molecule has 1 aromatic carbocycles. The molecule has 3 rings (SSSR count). The van der Waals surface area contributed by atoms with Crippen LogP contribution in [0.3, 0.4) is 0 Å². The van der Waals surface area contributed by atoms with E-state index in [0.29, 0.717) is 11.8 Å². The van der Waals surface area contributed by atoms with Crippen LogP contribution < -0.4 is 5.56 Å². The van der Waals surface area contributed by atoms with E-state index >= 15 is 0 Å². The number of nitrogens with zero attached hydrogens (tertiary/aromatic N) is 1. The van der Waals surface area contributed by atoms with Gasteiger partial charge in [0.2, 0.25) is 0 Å². The summed E-state index contributed by atoms with van der Waals surface area (Å²) in [6, 6.07) is 9.83. The molecule has 0 saturated heterocycles. The number of H-pyrrole nitrogens is 1. The first-order chi connectivity index (χ1) is 13.3. The van der Waals surface area contributed by atoms with Crippen molar-refractivity contribution in [3.63, 3.8) is 0 Å². The number of aromatic hydroxyl groups is 2. The van der Waals surface area contributed by atoms with E-state index in [2.05, 4.69) is 9.97 Å². The monoisotopic (exact) mass is 420 g/mol. The van der Waals surface area contributed by atoms with E-state index in [-0.39, 0.29) is 21.1 Å². The van der Waals surface area contributed by atoms with Gasteiger partial charge in [-0.2, -0.15) is 0 Å². The Morgan fingerprint density at radius 2 is 1.82 bits per heavy atom. The Balaban J connectivity index is 2.26. The van der Waals surface area contributed by atoms with Crippen LogP contribution in [0.2, 0.25) is 0 Å². The van der Waals surface area contributed by atoms with Gasteiger partial charge < -0.3 is 20.3 Å². The van der Waals surface area contributed by atoms with Gasteiger partial charge in [0, 0.05) is 28.9 Å². The molecule has 0 fully saturated rings. The second-order valence-corrected chi connectivity index (χ2v) is 9.62. The molecule has 2 heterocycles. The fourth-order valence-corrected chi connectivity index (χ4v) is 6.07. The largest absolute Gasteiger partial charge is 0.506 e. The Morgan fingerprint density at radius 3 is 2.43 bits per heavy atom. The van der Waals surface area contributed by atoms with Crippen molar-refractivity contribution in [2.45, 2.75) is 13.9 Å². The molecule has 146 valence electrons. The van der Waals surface area contributed by atoms with Gasteiger partial charge in [0.15, 0.2) is 19.7 Å². The molecule has 28 heavy (non-hydrogen) atoms. The second-order valence-electron chi connectivity index (χ2n) is 5.81. The van der Waals surface area contributed by atoms with Crippen molar-refractivity contribution in [3.05, 3.63) is 77.0 Å². The van der Waals surface area contributed by atoms with Crippen LogP contribution in [0.1, 0.15) is 5.56 Å². The van der Waals surface area contributed by atoms with E-state index in [9.17, 15) is 28.5 Å². The molecule has 4 N–H and O–H groups in total. The number of nitrogens with one attached hydrogen (secondary N) is 1. The Kier molecular flexibility index (Phi) is 5.45. The quantitative estimate of drug-likeness (QED) is 0.441. The highest BCUT2D eigenvalue weighted by Crippen LogP contribution is 2.48. The number of thioether (sulfide) groups is 1. The van der Waals surface area contributed by atoms with Crippen molar-refractivity contribution in [1.82, 2.24) is 9.97 Å². The second kappa shape index (κ2) is 7.66. The molecule has 0 radical (unpaired) electrons. The Morgan fingerprint density at radius 1 is 1.11 bits per heavy atom. The Bertz CT molecular complexity index is 1150. The normalized spacial score (nSPS) is 13.8. The lowest BCUT2D eigenvalue weighted by atomic mass is 10.2. The minimum Gasteiger partial charge on any atom is -0.506 e. The molecule has 1 unspecified atom stereocenters. The van der Waals surface area contributed by atoms with Gasteiger partial charge >= 0.3 is 0 Å². The van der Waals surface area contributed by atoms with Gasteiger partial charge in [-0.25, -0.2) is 8.42 Å². The van der Waals surface area contributed by atoms with Crippen LogP contribution in [-0.4, -0.2) is 40.3 Å². The molecule has 10 heteroatoms. The number of aromatic amines is 1. The first-order valence-electron chi connectivity index (χ1n) is 7.96. The zero-order valence-electron chi connectivity index (χ0n) is 14.3. The Hall–Kier alpha value is -2.82. The van der Waals surface area contributed by atoms with Crippen molar-refractivity contribution in [3.8, 4) is 11.5 Å². The summed E-state index contributed by atoms with van der Waals surface area (Å²) in [5.74, 6) is -0.869. The molecule has 0 bridgehead atoms. The lowest BCUT2D eigenvalue weighted by molar-refractivity contribution is 0.279. The zero-order chi connectivity index (χ0) is 20.4. The highest BCUT2D eigenvalue weighted by atomic mass is 32.3. The number of aliphatic hydroxyl groups is 1. The molecule has 2 aromatic heterocycles. The third-order valence-corrected chi connectivity index (χ3v) is 8.20. The van der Waals surface area contributed by atoms with Crippen molar-refractivity contribution >= 4 is 21.6 Å². The van der Waals surface area contributed by atoms with Crippen molar-refractivity contribution in [2.24, 2.45) is 0 Å². The number of hydrogen-bond donors (Lipinski definition) is 4. The van der Waals surface area contributed by atoms with E-state index in [1.165, 1.54) is 30.6 Å². The maximum Gasteiger partial charge on any atom is 0.290 e. The molecule has 0 saturated carbocycles. The summed E-state index contributed by atoms with van der Waals surface area (Å²) in [6.45, 7) is -0.861. The number of benzene rings is 1. The van der Waals surface area contributed by atoms with Gasteiger partial charge in [-0.3, -0.25) is 9.78 Å². The minimum atomic E-state index is -4.22. The number of pyridine rings is 2. The molecule has 0 aliphatic heterocycles. The average molecular weight is 420 g/mol. The zero-order valence-corrected chi connectivity index (χ0v) is 15.9. The number of rotatable bonds is 6. The summed E-state index contributed by atoms with van der Waals surface area (Å²) in [4.78, 5) is 17.7. The molecular formula is C18H16N2O6S2. The average Bonchev–Trinajstić information content (AvgIpc) is 2.69. The molecule has 8 nitrogen and oxygen atoms in total. The number of sulfone groups is 1. The molecular weight excluding hydrogens is 404 g/mol. The smallest absolute Gasteiger partial charge is 0.290 e. The standard InChI is InChI=1S/C18H16N2O6S2/c21-11-18(12-6-13(22)9-19-8-12,27-14-7-16(23)17(24)20-10-14)28(25,26)15-4-2-1-3-5-15/h1-10,21-23H,11H2,(H,20,24). The molecule has 0 spiro atoms. The van der Waals surface area contributed by atoms with E-state index in [0.717, 1.165) is 12.3 Å². The van der Waals surface area contributed by atoms with Gasteiger partial charge in [-0.05, 0) is 18.2 Å². The van der Waals surface area contributed by atoms with Crippen LogP contribution in [0.4, 0.5) is 0 Å². The molecule has 1 atom stereocenters. The Labute approximate surface area is 164 Å². The van der Waals surface area contributed by atoms with Gasteiger partial charge in [0.1, 0.15) is 5.75 Å². The summed E-state index contributed by atoms with van der Waals surface area (Å²) in [5, 5.41) is 29.8.